The summed E-state index contributed by atoms with van der Waals surface area (Å²) in [6, 6.07) is 0. The lowest BCUT2D eigenvalue weighted by Crippen LogP contribution is -2.28. The molecular formula is C11H19N3S. The number of nitrogens with two attached hydrogens (primary N) is 1. The Balaban J connectivity index is 1.93. The number of aromatic nitrogens is 1. The highest BCUT2D eigenvalue weighted by Crippen LogP contribution is 2.27. The van der Waals surface area contributed by atoms with Gasteiger partial charge >= 0.3 is 0 Å². The molecule has 0 aliphatic carbocycles. The maximum Gasteiger partial charge on any atom is 0.0971 e. The second-order valence-electron chi connectivity index (χ2n) is 4.10. The lowest BCUT2D eigenvalue weighted by molar-refractivity contribution is 0.460. The van der Waals surface area contributed by atoms with E-state index in [9.17, 15) is 0 Å². The van der Waals surface area contributed by atoms with Crippen LogP contribution in [0.25, 0.3) is 0 Å². The molecule has 0 aromatic carbocycles. The van der Waals surface area contributed by atoms with Gasteiger partial charge in [0.25, 0.3) is 0 Å². The summed E-state index contributed by atoms with van der Waals surface area (Å²) in [6.07, 6.45) is 6.77. The Kier molecular flexibility index (Phi) is 4.11. The molecule has 1 atom stereocenters. The Bertz CT molecular complexity index is 292. The summed E-state index contributed by atoms with van der Waals surface area (Å²) in [5.41, 5.74) is 5.50. The van der Waals surface area contributed by atoms with Crippen molar-refractivity contribution in [3.63, 3.8) is 0 Å². The molecule has 1 aromatic rings. The molecule has 1 fully saturated rings. The van der Waals surface area contributed by atoms with E-state index >= 15 is 0 Å². The summed E-state index contributed by atoms with van der Waals surface area (Å²) >= 11 is 1.87. The minimum Gasteiger partial charge on any atom is -0.330 e. The molecule has 4 heteroatoms. The molecule has 2 rings (SSSR count). The molecule has 1 aromatic heterocycles. The summed E-state index contributed by atoms with van der Waals surface area (Å²) in [5.74, 6) is 0.648. The van der Waals surface area contributed by atoms with E-state index in [0.29, 0.717) is 5.92 Å². The van der Waals surface area contributed by atoms with Crippen LogP contribution in [0.2, 0.25) is 0 Å². The number of hydrogen-bond acceptors (Lipinski definition) is 4. The van der Waals surface area contributed by atoms with Crippen LogP contribution < -0.4 is 11.1 Å². The average Bonchev–Trinajstić information content (AvgIpc) is 2.76. The minimum absolute atomic E-state index is 0.648. The van der Waals surface area contributed by atoms with Crippen LogP contribution >= 0.6 is 11.3 Å². The summed E-state index contributed by atoms with van der Waals surface area (Å²) in [6.45, 7) is 3.05. The number of hydrogen-bond donors (Lipinski definition) is 2. The summed E-state index contributed by atoms with van der Waals surface area (Å²) in [4.78, 5) is 5.92. The molecule has 0 amide bonds. The standard InChI is InChI=1S/C11H19N3S/c12-5-1-4-10-8-14-11(15-10)9-3-2-6-13-7-9/h8-9,13H,1-7,12H2. The van der Waals surface area contributed by atoms with E-state index in [1.807, 2.05) is 17.5 Å². The van der Waals surface area contributed by atoms with Gasteiger partial charge in [-0.25, -0.2) is 4.98 Å². The second kappa shape index (κ2) is 5.58. The number of nitrogens with zero attached hydrogens (tertiary/aromatic N) is 1. The zero-order valence-corrected chi connectivity index (χ0v) is 9.85. The molecule has 0 spiro atoms. The first-order valence-corrected chi connectivity index (χ1v) is 6.57. The molecule has 0 bridgehead atoms. The lowest BCUT2D eigenvalue weighted by atomic mass is 10.0. The fraction of sp³-hybridized carbons (Fsp3) is 0.727. The zero-order chi connectivity index (χ0) is 10.5. The molecule has 1 aliphatic rings. The minimum atomic E-state index is 0.648. The normalized spacial score (nSPS) is 21.8. The number of aryl methyl sites for hydroxylation is 1. The maximum atomic E-state index is 5.50. The predicted octanol–water partition coefficient (Wildman–Crippen LogP) is 1.50. The van der Waals surface area contributed by atoms with Crippen molar-refractivity contribution in [3.8, 4) is 0 Å². The first-order chi connectivity index (χ1) is 7.40. The van der Waals surface area contributed by atoms with Crippen LogP contribution in [0, 0.1) is 0 Å². The number of thiazole rings is 1. The molecule has 1 saturated heterocycles. The van der Waals surface area contributed by atoms with Crippen LogP contribution in [0.1, 0.15) is 35.1 Å². The van der Waals surface area contributed by atoms with Crippen LogP contribution in [0.4, 0.5) is 0 Å². The van der Waals surface area contributed by atoms with Crippen LogP contribution in [-0.2, 0) is 6.42 Å². The monoisotopic (exact) mass is 225 g/mol. The van der Waals surface area contributed by atoms with Gasteiger partial charge in [-0.15, -0.1) is 11.3 Å². The molecule has 0 radical (unpaired) electrons. The van der Waals surface area contributed by atoms with Crippen LogP contribution in [0.3, 0.4) is 0 Å². The van der Waals surface area contributed by atoms with E-state index in [-0.39, 0.29) is 0 Å². The largest absolute Gasteiger partial charge is 0.330 e. The second-order valence-corrected chi connectivity index (χ2v) is 5.25. The molecule has 3 N–H and O–H groups in total. The Labute approximate surface area is 95.1 Å². The third-order valence-electron chi connectivity index (χ3n) is 2.84. The molecule has 15 heavy (non-hydrogen) atoms. The van der Waals surface area contributed by atoms with Crippen molar-refractivity contribution in [2.75, 3.05) is 19.6 Å². The van der Waals surface area contributed by atoms with E-state index in [2.05, 4.69) is 10.3 Å². The van der Waals surface area contributed by atoms with E-state index in [0.717, 1.165) is 25.9 Å². The smallest absolute Gasteiger partial charge is 0.0971 e. The van der Waals surface area contributed by atoms with Gasteiger partial charge in [-0.1, -0.05) is 0 Å². The SMILES string of the molecule is NCCCc1cnc(C2CCCNC2)s1. The topological polar surface area (TPSA) is 50.9 Å². The third-order valence-corrected chi connectivity index (χ3v) is 4.06. The predicted molar refractivity (Wildman–Crippen MR) is 64.3 cm³/mol. The first kappa shape index (κ1) is 11.0. The van der Waals surface area contributed by atoms with Gasteiger partial charge in [0, 0.05) is 23.5 Å². The molecule has 3 nitrogen and oxygen atoms in total. The van der Waals surface area contributed by atoms with Crippen molar-refractivity contribution in [1.29, 1.82) is 0 Å². The third kappa shape index (κ3) is 3.00. The van der Waals surface area contributed by atoms with Crippen LogP contribution in [-0.4, -0.2) is 24.6 Å². The van der Waals surface area contributed by atoms with Gasteiger partial charge < -0.3 is 11.1 Å². The highest BCUT2D eigenvalue weighted by Gasteiger charge is 2.18. The maximum absolute atomic E-state index is 5.50. The molecule has 1 unspecified atom stereocenters. The molecule has 2 heterocycles. The van der Waals surface area contributed by atoms with Gasteiger partial charge in [-0.2, -0.15) is 0 Å². The number of rotatable bonds is 4. The van der Waals surface area contributed by atoms with E-state index < -0.39 is 0 Å². The molecule has 1 aliphatic heterocycles. The molecule has 84 valence electrons. The van der Waals surface area contributed by atoms with Crippen molar-refractivity contribution in [2.24, 2.45) is 5.73 Å². The molecule has 0 saturated carbocycles. The highest BCUT2D eigenvalue weighted by atomic mass is 32.1. The first-order valence-electron chi connectivity index (χ1n) is 5.75. The van der Waals surface area contributed by atoms with Gasteiger partial charge in [-0.3, -0.25) is 0 Å². The van der Waals surface area contributed by atoms with Gasteiger partial charge in [0.05, 0.1) is 5.01 Å². The molecular weight excluding hydrogens is 206 g/mol. The van der Waals surface area contributed by atoms with E-state index in [1.54, 1.807) is 0 Å². The Morgan fingerprint density at radius 3 is 3.27 bits per heavy atom. The summed E-state index contributed by atoms with van der Waals surface area (Å²) in [7, 11) is 0. The van der Waals surface area contributed by atoms with Crippen LogP contribution in [0.5, 0.6) is 0 Å². The number of nitrogens with one attached hydrogen (secondary N) is 1. The fourth-order valence-corrected chi connectivity index (χ4v) is 3.06. The van der Waals surface area contributed by atoms with Crippen molar-refractivity contribution < 1.29 is 0 Å². The summed E-state index contributed by atoms with van der Waals surface area (Å²) < 4.78 is 0. The van der Waals surface area contributed by atoms with E-state index in [4.69, 9.17) is 5.73 Å². The average molecular weight is 225 g/mol. The fourth-order valence-electron chi connectivity index (χ4n) is 1.97. The van der Waals surface area contributed by atoms with Crippen molar-refractivity contribution in [2.45, 2.75) is 31.6 Å². The Hall–Kier alpha value is -0.450. The van der Waals surface area contributed by atoms with Gasteiger partial charge in [-0.05, 0) is 38.8 Å². The van der Waals surface area contributed by atoms with Crippen LogP contribution in [0.15, 0.2) is 6.20 Å². The van der Waals surface area contributed by atoms with Gasteiger partial charge in [0.1, 0.15) is 0 Å². The summed E-state index contributed by atoms with van der Waals surface area (Å²) in [5, 5.41) is 4.75. The number of piperidine rings is 1. The van der Waals surface area contributed by atoms with Gasteiger partial charge in [0.2, 0.25) is 0 Å². The highest BCUT2D eigenvalue weighted by molar-refractivity contribution is 7.11. The zero-order valence-electron chi connectivity index (χ0n) is 9.04. The van der Waals surface area contributed by atoms with Gasteiger partial charge in [0.15, 0.2) is 0 Å². The van der Waals surface area contributed by atoms with Crippen molar-refractivity contribution in [1.82, 2.24) is 10.3 Å². The Morgan fingerprint density at radius 2 is 2.53 bits per heavy atom. The quantitative estimate of drug-likeness (QED) is 0.816. The van der Waals surface area contributed by atoms with Crippen molar-refractivity contribution in [3.05, 3.63) is 16.1 Å². The lowest BCUT2D eigenvalue weighted by Gasteiger charge is -2.20. The van der Waals surface area contributed by atoms with Crippen molar-refractivity contribution >= 4 is 11.3 Å². The Morgan fingerprint density at radius 1 is 1.60 bits per heavy atom. The van der Waals surface area contributed by atoms with E-state index in [1.165, 1.54) is 29.3 Å².